The Morgan fingerprint density at radius 2 is 2.29 bits per heavy atom. The largest absolute Gasteiger partial charge is 0.394 e. The standard InChI is InChI=1S/C9H20N2O3/c1-2-8(10)9(13)11-4-3-6-14-7-5-12/h8,12H,2-7,10H2,1H3,(H,11,13)/t8-/m1/s1. The molecule has 0 radical (unpaired) electrons. The van der Waals surface area contributed by atoms with Crippen molar-refractivity contribution < 1.29 is 14.6 Å². The highest BCUT2D eigenvalue weighted by Crippen LogP contribution is 1.86. The lowest BCUT2D eigenvalue weighted by Gasteiger charge is -2.09. The summed E-state index contributed by atoms with van der Waals surface area (Å²) in [5, 5.41) is 11.1. The van der Waals surface area contributed by atoms with Crippen LogP contribution in [0.4, 0.5) is 0 Å². The van der Waals surface area contributed by atoms with Gasteiger partial charge in [-0.25, -0.2) is 0 Å². The highest BCUT2D eigenvalue weighted by molar-refractivity contribution is 5.81. The second-order valence-electron chi connectivity index (χ2n) is 3.00. The Bertz CT molecular complexity index is 153. The number of aliphatic hydroxyl groups excluding tert-OH is 1. The van der Waals surface area contributed by atoms with Crippen molar-refractivity contribution in [3.05, 3.63) is 0 Å². The third-order valence-electron chi connectivity index (χ3n) is 1.78. The first-order valence-electron chi connectivity index (χ1n) is 4.94. The molecule has 5 nitrogen and oxygen atoms in total. The number of hydrogen-bond donors (Lipinski definition) is 3. The second kappa shape index (κ2) is 8.93. The van der Waals surface area contributed by atoms with Crippen molar-refractivity contribution in [2.75, 3.05) is 26.4 Å². The fourth-order valence-electron chi connectivity index (χ4n) is 0.869. The van der Waals surface area contributed by atoms with Crippen LogP contribution < -0.4 is 11.1 Å². The van der Waals surface area contributed by atoms with Gasteiger partial charge in [0.15, 0.2) is 0 Å². The van der Waals surface area contributed by atoms with Gasteiger partial charge in [0.2, 0.25) is 5.91 Å². The van der Waals surface area contributed by atoms with E-state index in [4.69, 9.17) is 15.6 Å². The van der Waals surface area contributed by atoms with Crippen LogP contribution >= 0.6 is 0 Å². The van der Waals surface area contributed by atoms with Gasteiger partial charge in [-0.05, 0) is 12.8 Å². The van der Waals surface area contributed by atoms with Gasteiger partial charge in [0.1, 0.15) is 0 Å². The Morgan fingerprint density at radius 3 is 2.86 bits per heavy atom. The molecule has 0 heterocycles. The van der Waals surface area contributed by atoms with E-state index in [1.807, 2.05) is 6.92 Å². The van der Waals surface area contributed by atoms with Gasteiger partial charge in [0.05, 0.1) is 19.3 Å². The van der Waals surface area contributed by atoms with Crippen molar-refractivity contribution in [1.29, 1.82) is 0 Å². The molecule has 4 N–H and O–H groups in total. The lowest BCUT2D eigenvalue weighted by Crippen LogP contribution is -2.40. The van der Waals surface area contributed by atoms with Gasteiger partial charge < -0.3 is 20.9 Å². The van der Waals surface area contributed by atoms with Crippen LogP contribution in [0.5, 0.6) is 0 Å². The summed E-state index contributed by atoms with van der Waals surface area (Å²) in [4.78, 5) is 11.1. The predicted octanol–water partition coefficient (Wildman–Crippen LogP) is -0.761. The molecule has 1 amide bonds. The van der Waals surface area contributed by atoms with Crippen molar-refractivity contribution >= 4 is 5.91 Å². The molecule has 84 valence electrons. The lowest BCUT2D eigenvalue weighted by atomic mass is 10.2. The molecule has 0 aliphatic heterocycles. The minimum absolute atomic E-state index is 0.0348. The zero-order chi connectivity index (χ0) is 10.8. The minimum atomic E-state index is -0.409. The number of ether oxygens (including phenoxy) is 1. The van der Waals surface area contributed by atoms with Crippen molar-refractivity contribution in [3.63, 3.8) is 0 Å². The summed E-state index contributed by atoms with van der Waals surface area (Å²) in [7, 11) is 0. The highest BCUT2D eigenvalue weighted by Gasteiger charge is 2.08. The molecule has 0 saturated carbocycles. The van der Waals surface area contributed by atoms with Crippen LogP contribution in [0.1, 0.15) is 19.8 Å². The Morgan fingerprint density at radius 1 is 1.57 bits per heavy atom. The Balaban J connectivity index is 3.23. The first kappa shape index (κ1) is 13.4. The van der Waals surface area contributed by atoms with E-state index in [1.54, 1.807) is 0 Å². The Hall–Kier alpha value is -0.650. The van der Waals surface area contributed by atoms with E-state index in [0.29, 0.717) is 26.2 Å². The molecule has 0 aliphatic rings. The first-order valence-corrected chi connectivity index (χ1v) is 4.94. The van der Waals surface area contributed by atoms with E-state index in [9.17, 15) is 4.79 Å². The SMILES string of the molecule is CC[C@@H](N)C(=O)NCCCOCCO. The van der Waals surface area contributed by atoms with Gasteiger partial charge in [0, 0.05) is 13.2 Å². The quantitative estimate of drug-likeness (QED) is 0.454. The highest BCUT2D eigenvalue weighted by atomic mass is 16.5. The normalized spacial score (nSPS) is 12.5. The molecule has 0 aromatic heterocycles. The zero-order valence-corrected chi connectivity index (χ0v) is 8.66. The molecule has 0 fully saturated rings. The van der Waals surface area contributed by atoms with Gasteiger partial charge in [-0.15, -0.1) is 0 Å². The molecule has 0 bridgehead atoms. The third kappa shape index (κ3) is 6.82. The van der Waals surface area contributed by atoms with E-state index in [2.05, 4.69) is 5.32 Å². The fourth-order valence-corrected chi connectivity index (χ4v) is 0.869. The summed E-state index contributed by atoms with van der Waals surface area (Å²) < 4.78 is 5.02. The Kier molecular flexibility index (Phi) is 8.51. The number of carbonyl (C=O) groups is 1. The average molecular weight is 204 g/mol. The van der Waals surface area contributed by atoms with E-state index in [0.717, 1.165) is 6.42 Å². The van der Waals surface area contributed by atoms with Gasteiger partial charge in [-0.2, -0.15) is 0 Å². The Labute approximate surface area is 84.6 Å². The van der Waals surface area contributed by atoms with E-state index >= 15 is 0 Å². The van der Waals surface area contributed by atoms with Crippen LogP contribution in [0.2, 0.25) is 0 Å². The molecule has 0 spiro atoms. The fraction of sp³-hybridized carbons (Fsp3) is 0.889. The molecule has 0 rings (SSSR count). The van der Waals surface area contributed by atoms with Gasteiger partial charge in [0.25, 0.3) is 0 Å². The van der Waals surface area contributed by atoms with Gasteiger partial charge in [-0.3, -0.25) is 4.79 Å². The predicted molar refractivity (Wildman–Crippen MR) is 53.8 cm³/mol. The molecular weight excluding hydrogens is 184 g/mol. The number of hydrogen-bond acceptors (Lipinski definition) is 4. The third-order valence-corrected chi connectivity index (χ3v) is 1.78. The molecule has 14 heavy (non-hydrogen) atoms. The maximum atomic E-state index is 11.1. The molecule has 0 aromatic rings. The average Bonchev–Trinajstić information content (AvgIpc) is 2.21. The molecule has 0 aromatic carbocycles. The number of amides is 1. The van der Waals surface area contributed by atoms with Crippen LogP contribution in [0.15, 0.2) is 0 Å². The topological polar surface area (TPSA) is 84.6 Å². The maximum absolute atomic E-state index is 11.1. The van der Waals surface area contributed by atoms with E-state index < -0.39 is 6.04 Å². The van der Waals surface area contributed by atoms with Crippen LogP contribution in [0, 0.1) is 0 Å². The number of nitrogens with two attached hydrogens (primary N) is 1. The molecule has 0 saturated heterocycles. The smallest absolute Gasteiger partial charge is 0.236 e. The zero-order valence-electron chi connectivity index (χ0n) is 8.66. The summed E-state index contributed by atoms with van der Waals surface area (Å²) in [5.74, 6) is -0.116. The minimum Gasteiger partial charge on any atom is -0.394 e. The monoisotopic (exact) mass is 204 g/mol. The molecule has 5 heteroatoms. The molecule has 1 atom stereocenters. The maximum Gasteiger partial charge on any atom is 0.236 e. The van der Waals surface area contributed by atoms with Crippen molar-refractivity contribution in [3.8, 4) is 0 Å². The van der Waals surface area contributed by atoms with Crippen LogP contribution in [-0.2, 0) is 9.53 Å². The number of aliphatic hydroxyl groups is 1. The summed E-state index contributed by atoms with van der Waals surface area (Å²) in [6.45, 7) is 3.37. The number of carbonyl (C=O) groups excluding carboxylic acids is 1. The molecular formula is C9H20N2O3. The summed E-state index contributed by atoms with van der Waals surface area (Å²) >= 11 is 0. The van der Waals surface area contributed by atoms with E-state index in [-0.39, 0.29) is 12.5 Å². The second-order valence-corrected chi connectivity index (χ2v) is 3.00. The van der Waals surface area contributed by atoms with Crippen molar-refractivity contribution in [2.45, 2.75) is 25.8 Å². The van der Waals surface area contributed by atoms with Crippen molar-refractivity contribution in [2.24, 2.45) is 5.73 Å². The summed E-state index contributed by atoms with van der Waals surface area (Å²) in [6.07, 6.45) is 1.38. The van der Waals surface area contributed by atoms with Crippen molar-refractivity contribution in [1.82, 2.24) is 5.32 Å². The van der Waals surface area contributed by atoms with E-state index in [1.165, 1.54) is 0 Å². The molecule has 0 aliphatic carbocycles. The van der Waals surface area contributed by atoms with Gasteiger partial charge in [-0.1, -0.05) is 6.92 Å². The molecule has 0 unspecified atom stereocenters. The first-order chi connectivity index (χ1) is 6.72. The van der Waals surface area contributed by atoms with Crippen LogP contribution in [-0.4, -0.2) is 43.4 Å². The van der Waals surface area contributed by atoms with Gasteiger partial charge >= 0.3 is 0 Å². The van der Waals surface area contributed by atoms with Crippen LogP contribution in [0.25, 0.3) is 0 Å². The number of nitrogens with one attached hydrogen (secondary N) is 1. The summed E-state index contributed by atoms with van der Waals surface area (Å²) in [6, 6.07) is -0.409. The number of rotatable bonds is 8. The summed E-state index contributed by atoms with van der Waals surface area (Å²) in [5.41, 5.74) is 5.50. The van der Waals surface area contributed by atoms with Crippen LogP contribution in [0.3, 0.4) is 0 Å². The lowest BCUT2D eigenvalue weighted by molar-refractivity contribution is -0.122.